The lowest BCUT2D eigenvalue weighted by Gasteiger charge is -2.23. The van der Waals surface area contributed by atoms with Gasteiger partial charge in [-0.05, 0) is 18.6 Å². The Morgan fingerprint density at radius 2 is 2.16 bits per heavy atom. The fourth-order valence-corrected chi connectivity index (χ4v) is 4.46. The Bertz CT molecular complexity index is 1360. The fourth-order valence-electron chi connectivity index (χ4n) is 4.31. The van der Waals surface area contributed by atoms with E-state index in [4.69, 9.17) is 11.6 Å². The molecular formula is C22H18ClN9. The zero-order valence-corrected chi connectivity index (χ0v) is 17.7. The number of nitrogens with zero attached hydrogens (tertiary/aromatic N) is 8. The van der Waals surface area contributed by atoms with Gasteiger partial charge in [0.05, 0.1) is 41.0 Å². The Kier molecular flexibility index (Phi) is 5.18. The molecule has 0 aliphatic carbocycles. The second kappa shape index (κ2) is 8.29. The van der Waals surface area contributed by atoms with Crippen LogP contribution in [0.25, 0.3) is 22.3 Å². The number of halogens is 1. The summed E-state index contributed by atoms with van der Waals surface area (Å²) >= 11 is 6.02. The van der Waals surface area contributed by atoms with Crippen LogP contribution in [-0.4, -0.2) is 42.8 Å². The zero-order chi connectivity index (χ0) is 22.1. The Labute approximate surface area is 188 Å². The Hall–Kier alpha value is -3.95. The summed E-state index contributed by atoms with van der Waals surface area (Å²) in [6.45, 7) is 1.51. The highest BCUT2D eigenvalue weighted by molar-refractivity contribution is 6.31. The van der Waals surface area contributed by atoms with Gasteiger partial charge in [-0.15, -0.1) is 0 Å². The van der Waals surface area contributed by atoms with E-state index in [1.165, 1.54) is 12.5 Å². The van der Waals surface area contributed by atoms with Crippen molar-refractivity contribution >= 4 is 28.5 Å². The standard InChI is InChI=1S/C22H18ClN9/c23-18-10-27-20(7-15(18)8-25)31-6-3-14(11-31)19(1-4-24)32-12-16(9-30-32)21-17-2-5-26-22(17)29-13-28-21/h2,5,7,9-10,12-14,19H,1,3,6,11H2,(H,26,28,29). The van der Waals surface area contributed by atoms with Gasteiger partial charge >= 0.3 is 0 Å². The van der Waals surface area contributed by atoms with Crippen LogP contribution in [0.4, 0.5) is 5.82 Å². The highest BCUT2D eigenvalue weighted by Crippen LogP contribution is 2.34. The molecule has 1 aliphatic heterocycles. The molecule has 2 atom stereocenters. The molecule has 4 aromatic rings. The van der Waals surface area contributed by atoms with Crippen LogP contribution in [-0.2, 0) is 0 Å². The van der Waals surface area contributed by atoms with E-state index < -0.39 is 0 Å². The van der Waals surface area contributed by atoms with Crippen LogP contribution in [0, 0.1) is 28.6 Å². The summed E-state index contributed by atoms with van der Waals surface area (Å²) in [5, 5.41) is 24.6. The van der Waals surface area contributed by atoms with E-state index in [0.29, 0.717) is 17.0 Å². The van der Waals surface area contributed by atoms with Crippen molar-refractivity contribution in [3.63, 3.8) is 0 Å². The second-order valence-corrected chi connectivity index (χ2v) is 8.14. The van der Waals surface area contributed by atoms with E-state index in [0.717, 1.165) is 47.6 Å². The fraction of sp³-hybridized carbons (Fsp3) is 0.273. The Morgan fingerprint density at radius 1 is 1.25 bits per heavy atom. The molecular weight excluding hydrogens is 426 g/mol. The van der Waals surface area contributed by atoms with E-state index in [9.17, 15) is 10.5 Å². The summed E-state index contributed by atoms with van der Waals surface area (Å²) in [4.78, 5) is 18.3. The first-order valence-electron chi connectivity index (χ1n) is 10.2. The summed E-state index contributed by atoms with van der Waals surface area (Å²) < 4.78 is 1.88. The van der Waals surface area contributed by atoms with Crippen LogP contribution >= 0.6 is 11.6 Å². The number of pyridine rings is 1. The second-order valence-electron chi connectivity index (χ2n) is 7.73. The van der Waals surface area contributed by atoms with E-state index >= 15 is 0 Å². The predicted molar refractivity (Wildman–Crippen MR) is 119 cm³/mol. The molecule has 4 aromatic heterocycles. The van der Waals surface area contributed by atoms with Crippen LogP contribution in [0.15, 0.2) is 43.2 Å². The lowest BCUT2D eigenvalue weighted by molar-refractivity contribution is 0.332. The monoisotopic (exact) mass is 443 g/mol. The number of rotatable bonds is 5. The first-order chi connectivity index (χ1) is 15.7. The minimum Gasteiger partial charge on any atom is -0.356 e. The molecule has 1 saturated heterocycles. The smallest absolute Gasteiger partial charge is 0.141 e. The number of nitriles is 2. The maximum atomic E-state index is 9.48. The molecule has 0 saturated carbocycles. The quantitative estimate of drug-likeness (QED) is 0.498. The molecule has 1 aliphatic rings. The Morgan fingerprint density at radius 3 is 3.00 bits per heavy atom. The normalized spacial score (nSPS) is 16.7. The lowest BCUT2D eigenvalue weighted by atomic mass is 9.96. The molecule has 32 heavy (non-hydrogen) atoms. The van der Waals surface area contributed by atoms with E-state index in [1.54, 1.807) is 12.3 Å². The van der Waals surface area contributed by atoms with Gasteiger partial charge in [0.25, 0.3) is 0 Å². The minimum absolute atomic E-state index is 0.0787. The molecule has 1 fully saturated rings. The molecule has 2 unspecified atom stereocenters. The summed E-state index contributed by atoms with van der Waals surface area (Å²) in [6, 6.07) is 7.99. The van der Waals surface area contributed by atoms with Crippen LogP contribution in [0.5, 0.6) is 0 Å². The summed E-state index contributed by atoms with van der Waals surface area (Å²) in [6.07, 6.45) is 9.85. The number of anilines is 1. The van der Waals surface area contributed by atoms with Gasteiger partial charge in [0.1, 0.15) is 23.9 Å². The first-order valence-corrected chi connectivity index (χ1v) is 10.6. The van der Waals surface area contributed by atoms with Gasteiger partial charge in [-0.1, -0.05) is 11.6 Å². The van der Waals surface area contributed by atoms with Gasteiger partial charge in [0.2, 0.25) is 0 Å². The molecule has 1 N–H and O–H groups in total. The molecule has 0 spiro atoms. The van der Waals surface area contributed by atoms with Crippen molar-refractivity contribution in [3.05, 3.63) is 53.8 Å². The average molecular weight is 444 g/mol. The maximum Gasteiger partial charge on any atom is 0.141 e. The van der Waals surface area contributed by atoms with Crippen molar-refractivity contribution in [1.29, 1.82) is 10.5 Å². The third-order valence-electron chi connectivity index (χ3n) is 5.92. The lowest BCUT2D eigenvalue weighted by Crippen LogP contribution is -2.25. The number of H-pyrrole nitrogens is 1. The van der Waals surface area contributed by atoms with Crippen molar-refractivity contribution in [3.8, 4) is 23.4 Å². The summed E-state index contributed by atoms with van der Waals surface area (Å²) in [5.74, 6) is 0.934. The molecule has 158 valence electrons. The average Bonchev–Trinajstić information content (AvgIpc) is 3.58. The van der Waals surface area contributed by atoms with Gasteiger partial charge in [0, 0.05) is 48.5 Å². The van der Waals surface area contributed by atoms with Crippen LogP contribution in [0.2, 0.25) is 5.02 Å². The molecule has 0 amide bonds. The zero-order valence-electron chi connectivity index (χ0n) is 17.0. The SMILES string of the molecule is N#CCC(C1CCN(c2cc(C#N)c(Cl)cn2)C1)n1cc(-c2ncnc3[nH]ccc23)cn1. The van der Waals surface area contributed by atoms with Gasteiger partial charge < -0.3 is 9.88 Å². The number of aromatic amines is 1. The Balaban J connectivity index is 1.40. The molecule has 5 rings (SSSR count). The van der Waals surface area contributed by atoms with Gasteiger partial charge in [-0.25, -0.2) is 15.0 Å². The van der Waals surface area contributed by atoms with Gasteiger partial charge in [-0.2, -0.15) is 15.6 Å². The molecule has 0 bridgehead atoms. The van der Waals surface area contributed by atoms with Crippen molar-refractivity contribution in [2.45, 2.75) is 18.9 Å². The molecule has 10 heteroatoms. The van der Waals surface area contributed by atoms with Crippen LogP contribution in [0.3, 0.4) is 0 Å². The summed E-state index contributed by atoms with van der Waals surface area (Å²) in [7, 11) is 0. The van der Waals surface area contributed by atoms with Crippen LogP contribution in [0.1, 0.15) is 24.4 Å². The highest BCUT2D eigenvalue weighted by Gasteiger charge is 2.32. The van der Waals surface area contributed by atoms with Gasteiger partial charge in [0.15, 0.2) is 0 Å². The third kappa shape index (κ3) is 3.53. The largest absolute Gasteiger partial charge is 0.356 e. The molecule has 0 radical (unpaired) electrons. The van der Waals surface area contributed by atoms with E-state index in [2.05, 4.69) is 42.1 Å². The number of hydrogen-bond donors (Lipinski definition) is 1. The predicted octanol–water partition coefficient (Wildman–Crippen LogP) is 3.72. The first kappa shape index (κ1) is 20.0. The highest BCUT2D eigenvalue weighted by atomic mass is 35.5. The molecule has 9 nitrogen and oxygen atoms in total. The van der Waals surface area contributed by atoms with Crippen molar-refractivity contribution in [2.75, 3.05) is 18.0 Å². The van der Waals surface area contributed by atoms with Crippen molar-refractivity contribution < 1.29 is 0 Å². The minimum atomic E-state index is -0.0787. The van der Waals surface area contributed by atoms with Gasteiger partial charge in [-0.3, -0.25) is 4.68 Å². The third-order valence-corrected chi connectivity index (χ3v) is 6.22. The van der Waals surface area contributed by atoms with E-state index in [-0.39, 0.29) is 12.0 Å². The number of aromatic nitrogens is 6. The van der Waals surface area contributed by atoms with Crippen molar-refractivity contribution in [1.82, 2.24) is 29.7 Å². The number of fused-ring (bicyclic) bond motifs is 1. The molecule has 5 heterocycles. The number of nitrogens with one attached hydrogen (secondary N) is 1. The van der Waals surface area contributed by atoms with Crippen LogP contribution < -0.4 is 4.90 Å². The molecule has 0 aromatic carbocycles. The van der Waals surface area contributed by atoms with Crippen molar-refractivity contribution in [2.24, 2.45) is 5.92 Å². The number of hydrogen-bond acceptors (Lipinski definition) is 7. The maximum absolute atomic E-state index is 9.48. The van der Waals surface area contributed by atoms with E-state index in [1.807, 2.05) is 23.1 Å². The topological polar surface area (TPSA) is 123 Å². The summed E-state index contributed by atoms with van der Waals surface area (Å²) in [5.41, 5.74) is 2.87.